The molecule has 0 radical (unpaired) electrons. The quantitative estimate of drug-likeness (QED) is 0.396. The van der Waals surface area contributed by atoms with Crippen LogP contribution in [-0.4, -0.2) is 44.5 Å². The second-order valence-electron chi connectivity index (χ2n) is 3.84. The second kappa shape index (κ2) is 9.52. The van der Waals surface area contributed by atoms with Crippen molar-refractivity contribution in [1.29, 1.82) is 0 Å². The minimum Gasteiger partial charge on any atom is -0.428 e. The van der Waals surface area contributed by atoms with Crippen molar-refractivity contribution in [2.24, 2.45) is 5.92 Å². The van der Waals surface area contributed by atoms with Crippen molar-refractivity contribution < 1.29 is 32.9 Å². The van der Waals surface area contributed by atoms with Crippen LogP contribution >= 0.6 is 8.03 Å². The Labute approximate surface area is 111 Å². The molecule has 0 saturated heterocycles. The van der Waals surface area contributed by atoms with Crippen molar-refractivity contribution in [3.63, 3.8) is 0 Å². The Bertz CT molecular complexity index is 356. The van der Waals surface area contributed by atoms with Crippen LogP contribution in [0.15, 0.2) is 0 Å². The van der Waals surface area contributed by atoms with E-state index in [9.17, 15) is 18.9 Å². The van der Waals surface area contributed by atoms with E-state index >= 15 is 0 Å². The second-order valence-corrected chi connectivity index (χ2v) is 5.11. The molecule has 8 nitrogen and oxygen atoms in total. The largest absolute Gasteiger partial charge is 0.428 e. The Morgan fingerprint density at radius 1 is 1.21 bits per heavy atom. The van der Waals surface area contributed by atoms with Gasteiger partial charge < -0.3 is 19.3 Å². The number of Topliss-reactive ketones (excluding diaryl/α,β-unsaturated/α-hetero) is 1. The summed E-state index contributed by atoms with van der Waals surface area (Å²) in [6, 6.07) is 0. The van der Waals surface area contributed by atoms with Gasteiger partial charge in [0.15, 0.2) is 13.8 Å². The van der Waals surface area contributed by atoms with E-state index in [0.717, 1.165) is 0 Å². The molecule has 0 saturated carbocycles. The minimum atomic E-state index is -2.17. The zero-order valence-corrected chi connectivity index (χ0v) is 12.1. The van der Waals surface area contributed by atoms with Crippen LogP contribution in [0.25, 0.3) is 0 Å². The maximum atomic E-state index is 11.1. The average Bonchev–Trinajstić information content (AvgIpc) is 2.33. The molecule has 0 aliphatic heterocycles. The van der Waals surface area contributed by atoms with E-state index in [1.807, 2.05) is 0 Å². The molecule has 9 heteroatoms. The molecule has 1 N–H and O–H groups in total. The molecule has 0 heterocycles. The zero-order chi connectivity index (χ0) is 14.8. The topological polar surface area (TPSA) is 108 Å². The Balaban J connectivity index is 3.67. The standard InChI is InChI=1S/C10H18NO7P/c1-7(2)9(13)16-6-17-10(14)11-4-8(12)5-18-19(3)15/h7,19H,4-6H2,1-3H3,(H,11,14). The lowest BCUT2D eigenvalue weighted by atomic mass is 10.2. The van der Waals surface area contributed by atoms with E-state index in [2.05, 4.69) is 19.3 Å². The highest BCUT2D eigenvalue weighted by atomic mass is 31.1. The first-order chi connectivity index (χ1) is 8.82. The van der Waals surface area contributed by atoms with Crippen molar-refractivity contribution >= 4 is 25.9 Å². The predicted octanol–water partition coefficient (Wildman–Crippen LogP) is 0.559. The molecular formula is C10H18NO7P. The number of nitrogens with one attached hydrogen (secondary N) is 1. The van der Waals surface area contributed by atoms with Crippen molar-refractivity contribution in [3.8, 4) is 0 Å². The highest BCUT2D eigenvalue weighted by Gasteiger charge is 2.10. The van der Waals surface area contributed by atoms with Crippen LogP contribution in [0.2, 0.25) is 0 Å². The van der Waals surface area contributed by atoms with Gasteiger partial charge in [-0.1, -0.05) is 13.8 Å². The number of ether oxygens (including phenoxy) is 2. The molecule has 110 valence electrons. The van der Waals surface area contributed by atoms with Gasteiger partial charge in [-0.05, 0) is 0 Å². The molecular weight excluding hydrogens is 277 g/mol. The smallest absolute Gasteiger partial charge is 0.410 e. The van der Waals surface area contributed by atoms with Crippen LogP contribution in [-0.2, 0) is 28.2 Å². The summed E-state index contributed by atoms with van der Waals surface area (Å²) >= 11 is 0. The van der Waals surface area contributed by atoms with Gasteiger partial charge in [0.25, 0.3) is 0 Å². The first-order valence-corrected chi connectivity index (χ1v) is 7.37. The lowest BCUT2D eigenvalue weighted by Gasteiger charge is -2.08. The third-order valence-corrected chi connectivity index (χ3v) is 2.28. The lowest BCUT2D eigenvalue weighted by molar-refractivity contribution is -0.155. The molecule has 19 heavy (non-hydrogen) atoms. The average molecular weight is 295 g/mol. The van der Waals surface area contributed by atoms with Crippen LogP contribution in [0.1, 0.15) is 13.8 Å². The van der Waals surface area contributed by atoms with Gasteiger partial charge in [-0.15, -0.1) is 0 Å². The number of carbonyl (C=O) groups excluding carboxylic acids is 3. The van der Waals surface area contributed by atoms with E-state index in [1.54, 1.807) is 13.8 Å². The van der Waals surface area contributed by atoms with Gasteiger partial charge in [-0.3, -0.25) is 14.2 Å². The molecule has 0 aliphatic carbocycles. The number of hydrogen-bond donors (Lipinski definition) is 1. The molecule has 0 rings (SSSR count). The van der Waals surface area contributed by atoms with E-state index in [4.69, 9.17) is 0 Å². The number of amides is 1. The molecule has 0 spiro atoms. The summed E-state index contributed by atoms with van der Waals surface area (Å²) in [4.78, 5) is 33.2. The van der Waals surface area contributed by atoms with Gasteiger partial charge in [0, 0.05) is 6.66 Å². The fourth-order valence-electron chi connectivity index (χ4n) is 0.763. The number of hydrogen-bond acceptors (Lipinski definition) is 7. The summed E-state index contributed by atoms with van der Waals surface area (Å²) in [5.41, 5.74) is 0. The maximum Gasteiger partial charge on any atom is 0.410 e. The highest BCUT2D eigenvalue weighted by molar-refractivity contribution is 7.38. The first kappa shape index (κ1) is 17.6. The zero-order valence-electron chi connectivity index (χ0n) is 11.1. The molecule has 1 amide bonds. The molecule has 1 atom stereocenters. The van der Waals surface area contributed by atoms with E-state index in [0.29, 0.717) is 0 Å². The first-order valence-electron chi connectivity index (χ1n) is 5.55. The van der Waals surface area contributed by atoms with Gasteiger partial charge in [-0.25, -0.2) is 4.79 Å². The third-order valence-electron chi connectivity index (χ3n) is 1.73. The molecule has 0 fully saturated rings. The molecule has 0 aromatic rings. The van der Waals surface area contributed by atoms with Crippen molar-refractivity contribution in [3.05, 3.63) is 0 Å². The van der Waals surface area contributed by atoms with Gasteiger partial charge in [0.2, 0.25) is 6.79 Å². The van der Waals surface area contributed by atoms with Gasteiger partial charge in [-0.2, -0.15) is 0 Å². The Hall–Kier alpha value is -1.40. The van der Waals surface area contributed by atoms with Crippen molar-refractivity contribution in [2.45, 2.75) is 13.8 Å². The molecule has 0 aromatic carbocycles. The summed E-state index contributed by atoms with van der Waals surface area (Å²) in [7, 11) is -2.17. The van der Waals surface area contributed by atoms with E-state index in [1.165, 1.54) is 6.66 Å². The van der Waals surface area contributed by atoms with Crippen molar-refractivity contribution in [2.75, 3.05) is 26.6 Å². The number of esters is 1. The van der Waals surface area contributed by atoms with Crippen LogP contribution in [0.3, 0.4) is 0 Å². The lowest BCUT2D eigenvalue weighted by Crippen LogP contribution is -2.32. The minimum absolute atomic E-state index is 0.313. The van der Waals surface area contributed by atoms with Crippen LogP contribution in [0, 0.1) is 5.92 Å². The number of ketones is 1. The summed E-state index contributed by atoms with van der Waals surface area (Å²) in [6.07, 6.45) is -0.894. The fraction of sp³-hybridized carbons (Fsp3) is 0.700. The predicted molar refractivity (Wildman–Crippen MR) is 66.2 cm³/mol. The fourth-order valence-corrected chi connectivity index (χ4v) is 1.13. The molecule has 1 unspecified atom stereocenters. The Morgan fingerprint density at radius 3 is 2.37 bits per heavy atom. The van der Waals surface area contributed by atoms with Gasteiger partial charge in [0.05, 0.1) is 12.5 Å². The molecule has 0 aromatic heterocycles. The Kier molecular flexibility index (Phi) is 8.82. The molecule has 0 aliphatic rings. The number of rotatable bonds is 8. The van der Waals surface area contributed by atoms with Crippen LogP contribution in [0.5, 0.6) is 0 Å². The van der Waals surface area contributed by atoms with E-state index in [-0.39, 0.29) is 19.1 Å². The maximum absolute atomic E-state index is 11.1. The monoisotopic (exact) mass is 295 g/mol. The third kappa shape index (κ3) is 10.2. The normalized spacial score (nSPS) is 11.8. The Morgan fingerprint density at radius 2 is 1.84 bits per heavy atom. The summed E-state index contributed by atoms with van der Waals surface area (Å²) in [5, 5.41) is 2.14. The van der Waals surface area contributed by atoms with Gasteiger partial charge in [0.1, 0.15) is 6.61 Å². The van der Waals surface area contributed by atoms with Crippen LogP contribution < -0.4 is 5.32 Å². The summed E-state index contributed by atoms with van der Waals surface area (Å²) in [6.45, 7) is 3.46. The van der Waals surface area contributed by atoms with E-state index < -0.39 is 32.7 Å². The van der Waals surface area contributed by atoms with Crippen molar-refractivity contribution in [1.82, 2.24) is 5.32 Å². The number of alkyl carbamates (subject to hydrolysis) is 1. The van der Waals surface area contributed by atoms with Gasteiger partial charge >= 0.3 is 12.1 Å². The van der Waals surface area contributed by atoms with Crippen LogP contribution in [0.4, 0.5) is 4.79 Å². The highest BCUT2D eigenvalue weighted by Crippen LogP contribution is 2.13. The number of carbonyl (C=O) groups is 3. The molecule has 0 bridgehead atoms. The summed E-state index contributed by atoms with van der Waals surface area (Å²) < 4.78 is 24.3. The SMILES string of the molecule is CC(C)C(=O)OCOC(=O)NCC(=O)CO[PH](C)=O. The summed E-state index contributed by atoms with van der Waals surface area (Å²) in [5.74, 6) is -1.26.